The van der Waals surface area contributed by atoms with Crippen LogP contribution < -0.4 is 5.32 Å². The monoisotopic (exact) mass is 340 g/mol. The molecule has 1 atom stereocenters. The summed E-state index contributed by atoms with van der Waals surface area (Å²) in [5.74, 6) is 0. The zero-order valence-corrected chi connectivity index (χ0v) is 14.7. The predicted molar refractivity (Wildman–Crippen MR) is 101 cm³/mol. The lowest BCUT2D eigenvalue weighted by Gasteiger charge is -2.16. The molecule has 0 amide bonds. The van der Waals surface area contributed by atoms with E-state index in [1.54, 1.807) is 22.7 Å². The van der Waals surface area contributed by atoms with Crippen molar-refractivity contribution >= 4 is 28.7 Å². The molecule has 0 spiro atoms. The summed E-state index contributed by atoms with van der Waals surface area (Å²) in [6.45, 7) is 3.03. The average molecular weight is 341 g/mol. The zero-order valence-electron chi connectivity index (χ0n) is 13.1. The van der Waals surface area contributed by atoms with Gasteiger partial charge in [0.15, 0.2) is 0 Å². The van der Waals surface area contributed by atoms with Gasteiger partial charge < -0.3 is 5.32 Å². The first kappa shape index (κ1) is 16.1. The highest BCUT2D eigenvalue weighted by atomic mass is 32.1. The van der Waals surface area contributed by atoms with Gasteiger partial charge in [0.25, 0.3) is 0 Å². The number of hydrogen-bond donors (Lipinski definition) is 1. The van der Waals surface area contributed by atoms with E-state index >= 15 is 0 Å². The Morgan fingerprint density at radius 1 is 1.22 bits per heavy atom. The SMILES string of the molecule is C/C(=C\c1ccccc1)CN[C@H](Cc1ccsc1)c1nccs1. The first-order valence-electron chi connectivity index (χ1n) is 7.67. The van der Waals surface area contributed by atoms with E-state index < -0.39 is 0 Å². The molecular formula is C19H20N2S2. The van der Waals surface area contributed by atoms with Crippen LogP contribution in [-0.2, 0) is 6.42 Å². The van der Waals surface area contributed by atoms with Gasteiger partial charge in [-0.25, -0.2) is 4.98 Å². The van der Waals surface area contributed by atoms with Gasteiger partial charge in [-0.3, -0.25) is 0 Å². The van der Waals surface area contributed by atoms with E-state index in [1.807, 2.05) is 17.6 Å². The van der Waals surface area contributed by atoms with Crippen LogP contribution >= 0.6 is 22.7 Å². The van der Waals surface area contributed by atoms with Crippen molar-refractivity contribution in [2.24, 2.45) is 0 Å². The maximum Gasteiger partial charge on any atom is 0.110 e. The molecule has 0 aliphatic heterocycles. The molecule has 3 rings (SSSR count). The van der Waals surface area contributed by atoms with Gasteiger partial charge in [-0.15, -0.1) is 11.3 Å². The van der Waals surface area contributed by atoms with Gasteiger partial charge in [0.1, 0.15) is 5.01 Å². The van der Waals surface area contributed by atoms with Gasteiger partial charge >= 0.3 is 0 Å². The van der Waals surface area contributed by atoms with Crippen molar-refractivity contribution in [1.82, 2.24) is 10.3 Å². The van der Waals surface area contributed by atoms with Crippen molar-refractivity contribution in [1.29, 1.82) is 0 Å². The molecule has 4 heteroatoms. The largest absolute Gasteiger partial charge is 0.304 e. The van der Waals surface area contributed by atoms with Crippen molar-refractivity contribution < 1.29 is 0 Å². The molecule has 23 heavy (non-hydrogen) atoms. The van der Waals surface area contributed by atoms with Crippen LogP contribution in [0.2, 0.25) is 0 Å². The number of nitrogens with one attached hydrogen (secondary N) is 1. The lowest BCUT2D eigenvalue weighted by atomic mass is 10.1. The van der Waals surface area contributed by atoms with Gasteiger partial charge in [-0.1, -0.05) is 42.0 Å². The summed E-state index contributed by atoms with van der Waals surface area (Å²) < 4.78 is 0. The average Bonchev–Trinajstić information content (AvgIpc) is 3.26. The molecule has 2 nitrogen and oxygen atoms in total. The zero-order chi connectivity index (χ0) is 15.9. The van der Waals surface area contributed by atoms with Gasteiger partial charge in [0.2, 0.25) is 0 Å². The van der Waals surface area contributed by atoms with Crippen LogP contribution in [0.5, 0.6) is 0 Å². The fourth-order valence-corrected chi connectivity index (χ4v) is 3.86. The molecule has 0 aliphatic rings. The van der Waals surface area contributed by atoms with Crippen LogP contribution in [0.3, 0.4) is 0 Å². The number of hydrogen-bond acceptors (Lipinski definition) is 4. The highest BCUT2D eigenvalue weighted by molar-refractivity contribution is 7.09. The summed E-state index contributed by atoms with van der Waals surface area (Å²) in [6.07, 6.45) is 5.10. The topological polar surface area (TPSA) is 24.9 Å². The third-order valence-corrected chi connectivity index (χ3v) is 5.23. The molecule has 3 aromatic rings. The number of benzene rings is 1. The minimum Gasteiger partial charge on any atom is -0.304 e. The van der Waals surface area contributed by atoms with Crippen LogP contribution in [-0.4, -0.2) is 11.5 Å². The van der Waals surface area contributed by atoms with E-state index in [9.17, 15) is 0 Å². The Morgan fingerprint density at radius 2 is 2.09 bits per heavy atom. The lowest BCUT2D eigenvalue weighted by molar-refractivity contribution is 0.555. The van der Waals surface area contributed by atoms with Crippen molar-refractivity contribution in [3.05, 3.63) is 80.4 Å². The highest BCUT2D eigenvalue weighted by Crippen LogP contribution is 2.22. The Hall–Kier alpha value is -1.75. The normalized spacial score (nSPS) is 13.2. The Balaban J connectivity index is 1.65. The fraction of sp³-hybridized carbons (Fsp3) is 0.211. The molecular weight excluding hydrogens is 320 g/mol. The van der Waals surface area contributed by atoms with Gasteiger partial charge in [-0.2, -0.15) is 11.3 Å². The first-order valence-corrected chi connectivity index (χ1v) is 9.49. The minimum atomic E-state index is 0.267. The Bertz CT molecular complexity index is 716. The maximum absolute atomic E-state index is 4.50. The molecule has 118 valence electrons. The second kappa shape index (κ2) is 8.20. The summed E-state index contributed by atoms with van der Waals surface area (Å²) in [5.41, 5.74) is 3.94. The van der Waals surface area contributed by atoms with Gasteiger partial charge in [0.05, 0.1) is 6.04 Å². The van der Waals surface area contributed by atoms with Gasteiger partial charge in [0, 0.05) is 18.1 Å². The second-order valence-electron chi connectivity index (χ2n) is 5.54. The molecule has 0 bridgehead atoms. The Labute approximate surface area is 145 Å². The Kier molecular flexibility index (Phi) is 5.75. The quantitative estimate of drug-likeness (QED) is 0.641. The first-order chi connectivity index (χ1) is 11.3. The molecule has 1 N–H and O–H groups in total. The summed E-state index contributed by atoms with van der Waals surface area (Å²) in [7, 11) is 0. The molecule has 1 aromatic carbocycles. The molecule has 0 saturated carbocycles. The molecule has 0 aliphatic carbocycles. The van der Waals surface area contributed by atoms with Crippen molar-refractivity contribution in [3.8, 4) is 0 Å². The van der Waals surface area contributed by atoms with Gasteiger partial charge in [-0.05, 0) is 41.3 Å². The molecule has 0 fully saturated rings. The number of nitrogens with zero attached hydrogens (tertiary/aromatic N) is 1. The molecule has 2 heterocycles. The van der Waals surface area contributed by atoms with Crippen molar-refractivity contribution in [2.75, 3.05) is 6.54 Å². The summed E-state index contributed by atoms with van der Waals surface area (Å²) in [4.78, 5) is 4.50. The van der Waals surface area contributed by atoms with Crippen LogP contribution in [0, 0.1) is 0 Å². The summed E-state index contributed by atoms with van der Waals surface area (Å²) in [6, 6.07) is 12.9. The highest BCUT2D eigenvalue weighted by Gasteiger charge is 2.14. The number of thiophene rings is 1. The van der Waals surface area contributed by atoms with Crippen LogP contribution in [0.4, 0.5) is 0 Å². The predicted octanol–water partition coefficient (Wildman–Crippen LogP) is 5.18. The standard InChI is InChI=1S/C19H20N2S2/c1-15(11-16-5-3-2-4-6-16)13-21-18(19-20-8-10-23-19)12-17-7-9-22-14-17/h2-11,14,18,21H,12-13H2,1H3/b15-11+/t18-/m1/s1. The third-order valence-electron chi connectivity index (χ3n) is 3.61. The van der Waals surface area contributed by atoms with E-state index in [-0.39, 0.29) is 6.04 Å². The van der Waals surface area contributed by atoms with Crippen LogP contribution in [0.15, 0.2) is 64.3 Å². The lowest BCUT2D eigenvalue weighted by Crippen LogP contribution is -2.24. The van der Waals surface area contributed by atoms with E-state index in [4.69, 9.17) is 0 Å². The molecule has 0 radical (unpaired) electrons. The van der Waals surface area contributed by atoms with Crippen LogP contribution in [0.1, 0.15) is 29.1 Å². The molecule has 2 aromatic heterocycles. The fourth-order valence-electron chi connectivity index (χ4n) is 2.47. The van der Waals surface area contributed by atoms with Crippen molar-refractivity contribution in [3.63, 3.8) is 0 Å². The Morgan fingerprint density at radius 3 is 2.78 bits per heavy atom. The number of thiazole rings is 1. The maximum atomic E-state index is 4.50. The van der Waals surface area contributed by atoms with E-state index in [1.165, 1.54) is 16.7 Å². The second-order valence-corrected chi connectivity index (χ2v) is 7.25. The molecule has 0 saturated heterocycles. The third kappa shape index (κ3) is 4.86. The van der Waals surface area contributed by atoms with E-state index in [2.05, 4.69) is 64.4 Å². The van der Waals surface area contributed by atoms with Crippen molar-refractivity contribution in [2.45, 2.75) is 19.4 Å². The number of rotatable bonds is 7. The molecule has 0 unspecified atom stereocenters. The summed E-state index contributed by atoms with van der Waals surface area (Å²) >= 11 is 3.47. The summed E-state index contributed by atoms with van der Waals surface area (Å²) in [5, 5.41) is 11.2. The minimum absolute atomic E-state index is 0.267. The van der Waals surface area contributed by atoms with E-state index in [0.717, 1.165) is 18.0 Å². The van der Waals surface area contributed by atoms with Crippen LogP contribution in [0.25, 0.3) is 6.08 Å². The number of aromatic nitrogens is 1. The smallest absolute Gasteiger partial charge is 0.110 e. The van der Waals surface area contributed by atoms with E-state index in [0.29, 0.717) is 0 Å².